The van der Waals surface area contributed by atoms with E-state index < -0.39 is 0 Å². The summed E-state index contributed by atoms with van der Waals surface area (Å²) in [6.45, 7) is 8.62. The van der Waals surface area contributed by atoms with Crippen molar-refractivity contribution in [2.75, 3.05) is 17.2 Å². The van der Waals surface area contributed by atoms with Crippen molar-refractivity contribution in [3.8, 4) is 5.75 Å². The summed E-state index contributed by atoms with van der Waals surface area (Å²) in [6.07, 6.45) is 2.16. The lowest BCUT2D eigenvalue weighted by molar-refractivity contribution is -0.117. The Balaban J connectivity index is 1.49. The van der Waals surface area contributed by atoms with Crippen LogP contribution in [0.4, 0.5) is 22.7 Å². The van der Waals surface area contributed by atoms with Crippen LogP contribution in [0.5, 0.6) is 5.75 Å². The van der Waals surface area contributed by atoms with Crippen molar-refractivity contribution in [1.82, 2.24) is 0 Å². The molecule has 8 nitrogen and oxygen atoms in total. The van der Waals surface area contributed by atoms with Crippen LogP contribution in [0.3, 0.4) is 0 Å². The second-order valence-electron chi connectivity index (χ2n) is 10.2. The van der Waals surface area contributed by atoms with Crippen molar-refractivity contribution in [1.29, 1.82) is 0 Å². The lowest BCUT2D eigenvalue weighted by atomic mass is 9.90. The fourth-order valence-electron chi connectivity index (χ4n) is 4.14. The molecule has 2 amide bonds. The zero-order valence-corrected chi connectivity index (χ0v) is 23.2. The van der Waals surface area contributed by atoms with E-state index in [1.165, 1.54) is 0 Å². The Labute approximate surface area is 230 Å². The van der Waals surface area contributed by atoms with Gasteiger partial charge in [-0.05, 0) is 89.9 Å². The Morgan fingerprint density at radius 1 is 0.769 bits per heavy atom. The third-order valence-corrected chi connectivity index (χ3v) is 6.30. The van der Waals surface area contributed by atoms with E-state index in [2.05, 4.69) is 60.7 Å². The van der Waals surface area contributed by atoms with Crippen LogP contribution in [-0.2, 0) is 16.0 Å². The number of carbonyl (C=O) groups excluding carboxylic acids is 2. The molecule has 0 aromatic heterocycles. The molecule has 0 unspecified atom stereocenters. The van der Waals surface area contributed by atoms with Crippen molar-refractivity contribution in [3.05, 3.63) is 77.4 Å². The van der Waals surface area contributed by atoms with Crippen LogP contribution in [0.1, 0.15) is 75.5 Å². The lowest BCUT2D eigenvalue weighted by Crippen LogP contribution is -2.15. The number of hydrogen-bond donors (Lipinski definition) is 4. The number of anilines is 2. The van der Waals surface area contributed by atoms with Gasteiger partial charge in [0.15, 0.2) is 0 Å². The Bertz CT molecular complexity index is 1250. The summed E-state index contributed by atoms with van der Waals surface area (Å²) >= 11 is 0. The first-order valence-electron chi connectivity index (χ1n) is 13.4. The van der Waals surface area contributed by atoms with Gasteiger partial charge in [-0.2, -0.15) is 10.2 Å². The minimum absolute atomic E-state index is 0.0463. The molecule has 0 aliphatic heterocycles. The molecule has 3 aromatic rings. The smallest absolute Gasteiger partial charge is 0.225 e. The second-order valence-corrected chi connectivity index (χ2v) is 10.2. The van der Waals surface area contributed by atoms with Gasteiger partial charge < -0.3 is 21.5 Å². The molecule has 0 atom stereocenters. The third kappa shape index (κ3) is 9.04. The fraction of sp³-hybridized carbons (Fsp3) is 0.355. The van der Waals surface area contributed by atoms with E-state index in [9.17, 15) is 14.7 Å². The summed E-state index contributed by atoms with van der Waals surface area (Å²) < 4.78 is 0. The van der Waals surface area contributed by atoms with Crippen LogP contribution in [0.15, 0.2) is 70.9 Å². The monoisotopic (exact) mass is 529 g/mol. The predicted octanol–water partition coefficient (Wildman–Crippen LogP) is 7.30. The molecule has 0 aliphatic rings. The van der Waals surface area contributed by atoms with Crippen molar-refractivity contribution < 1.29 is 14.7 Å². The molecule has 0 fully saturated rings. The molecule has 0 radical (unpaired) electrons. The number of nitrogens with two attached hydrogens (primary N) is 1. The number of amides is 2. The minimum Gasteiger partial charge on any atom is -0.507 e. The highest BCUT2D eigenvalue weighted by atomic mass is 16.3. The van der Waals surface area contributed by atoms with Gasteiger partial charge in [-0.25, -0.2) is 0 Å². The van der Waals surface area contributed by atoms with E-state index in [4.69, 9.17) is 5.73 Å². The van der Waals surface area contributed by atoms with Crippen LogP contribution in [0, 0.1) is 0 Å². The molecular formula is C31H39N5O3. The Morgan fingerprint density at radius 3 is 1.62 bits per heavy atom. The number of aryl methyl sites for hydroxylation is 1. The quantitative estimate of drug-likeness (QED) is 0.183. The van der Waals surface area contributed by atoms with Gasteiger partial charge >= 0.3 is 0 Å². The van der Waals surface area contributed by atoms with Crippen molar-refractivity contribution in [2.24, 2.45) is 16.0 Å². The average molecular weight is 530 g/mol. The first-order valence-corrected chi connectivity index (χ1v) is 13.4. The number of phenolic OH excluding ortho intramolecular Hbond substituents is 1. The van der Waals surface area contributed by atoms with E-state index in [0.29, 0.717) is 47.9 Å². The molecule has 3 rings (SSSR count). The van der Waals surface area contributed by atoms with Gasteiger partial charge in [0.2, 0.25) is 11.8 Å². The van der Waals surface area contributed by atoms with Crippen molar-refractivity contribution >= 4 is 34.6 Å². The fourth-order valence-corrected chi connectivity index (χ4v) is 4.14. The number of carbonyl (C=O) groups is 2. The number of azo groups is 1. The van der Waals surface area contributed by atoms with Crippen LogP contribution < -0.4 is 16.4 Å². The summed E-state index contributed by atoms with van der Waals surface area (Å²) in [5.74, 6) is 0.683. The minimum atomic E-state index is -0.128. The van der Waals surface area contributed by atoms with Crippen molar-refractivity contribution in [2.45, 2.75) is 65.2 Å². The van der Waals surface area contributed by atoms with Crippen molar-refractivity contribution in [3.63, 3.8) is 0 Å². The Kier molecular flexibility index (Phi) is 10.8. The van der Waals surface area contributed by atoms with E-state index in [0.717, 1.165) is 23.1 Å². The predicted molar refractivity (Wildman–Crippen MR) is 157 cm³/mol. The molecule has 0 aliphatic carbocycles. The number of rotatable bonds is 12. The summed E-state index contributed by atoms with van der Waals surface area (Å²) in [5, 5.41) is 24.8. The maximum atomic E-state index is 12.5. The standard InChI is InChI=1S/C31H39N5O3/c1-20(2)27-18-22(19-28(21(3)4)31(27)39)6-5-7-29(37)33-23-8-12-25(13-9-23)35-36-26-14-10-24(11-15-26)34-30(38)16-17-32/h8-15,18-21,39H,5-7,16-17,32H2,1-4H3,(H,33,37)(H,34,38)/b36-35+. The van der Waals surface area contributed by atoms with Gasteiger partial charge in [0, 0.05) is 30.8 Å². The first kappa shape index (κ1) is 29.5. The number of benzene rings is 3. The second kappa shape index (κ2) is 14.2. The molecule has 39 heavy (non-hydrogen) atoms. The van der Waals surface area contributed by atoms with Gasteiger partial charge in [0.1, 0.15) is 5.75 Å². The number of nitrogens with one attached hydrogen (secondary N) is 2. The molecule has 0 saturated heterocycles. The topological polar surface area (TPSA) is 129 Å². The SMILES string of the molecule is CC(C)c1cc(CCCC(=O)Nc2ccc(/N=N/c3ccc(NC(=O)CCN)cc3)cc2)cc(C(C)C)c1O. The number of phenols is 1. The third-order valence-electron chi connectivity index (χ3n) is 6.30. The lowest BCUT2D eigenvalue weighted by Gasteiger charge is -2.17. The highest BCUT2D eigenvalue weighted by Crippen LogP contribution is 2.35. The normalized spacial score (nSPS) is 11.4. The van der Waals surface area contributed by atoms with E-state index in [1.807, 2.05) is 0 Å². The van der Waals surface area contributed by atoms with Gasteiger partial charge in [-0.15, -0.1) is 0 Å². The van der Waals surface area contributed by atoms with Crippen LogP contribution in [0.2, 0.25) is 0 Å². The highest BCUT2D eigenvalue weighted by Gasteiger charge is 2.15. The largest absolute Gasteiger partial charge is 0.507 e. The summed E-state index contributed by atoms with van der Waals surface area (Å²) in [7, 11) is 0. The van der Waals surface area contributed by atoms with E-state index >= 15 is 0 Å². The van der Waals surface area contributed by atoms with Gasteiger partial charge in [-0.3, -0.25) is 9.59 Å². The van der Waals surface area contributed by atoms with Crippen LogP contribution >= 0.6 is 0 Å². The summed E-state index contributed by atoms with van der Waals surface area (Å²) in [5.41, 5.74) is 11.1. The highest BCUT2D eigenvalue weighted by molar-refractivity contribution is 5.91. The molecule has 8 heteroatoms. The molecule has 5 N–H and O–H groups in total. The van der Waals surface area contributed by atoms with Crippen LogP contribution in [-0.4, -0.2) is 23.5 Å². The Hall–Kier alpha value is -4.04. The molecule has 206 valence electrons. The summed E-state index contributed by atoms with van der Waals surface area (Å²) in [6, 6.07) is 18.3. The van der Waals surface area contributed by atoms with Crippen LogP contribution in [0.25, 0.3) is 0 Å². The number of nitrogens with zero attached hydrogens (tertiary/aromatic N) is 2. The number of aromatic hydroxyl groups is 1. The maximum absolute atomic E-state index is 12.5. The Morgan fingerprint density at radius 2 is 1.21 bits per heavy atom. The van der Waals surface area contributed by atoms with Gasteiger partial charge in [0.25, 0.3) is 0 Å². The molecule has 0 heterocycles. The molecule has 0 saturated carbocycles. The van der Waals surface area contributed by atoms with Gasteiger partial charge in [-0.1, -0.05) is 39.8 Å². The summed E-state index contributed by atoms with van der Waals surface area (Å²) in [4.78, 5) is 24.1. The molecule has 0 bridgehead atoms. The number of hydrogen-bond acceptors (Lipinski definition) is 6. The molecule has 3 aromatic carbocycles. The average Bonchev–Trinajstić information content (AvgIpc) is 2.89. The molecular weight excluding hydrogens is 490 g/mol. The van der Waals surface area contributed by atoms with E-state index in [-0.39, 0.29) is 30.1 Å². The maximum Gasteiger partial charge on any atom is 0.225 e. The van der Waals surface area contributed by atoms with Gasteiger partial charge in [0.05, 0.1) is 11.4 Å². The first-order chi connectivity index (χ1) is 18.7. The molecule has 0 spiro atoms. The zero-order chi connectivity index (χ0) is 28.4. The zero-order valence-electron chi connectivity index (χ0n) is 23.2. The van der Waals surface area contributed by atoms with E-state index in [1.54, 1.807) is 48.5 Å².